The highest BCUT2D eigenvalue weighted by Crippen LogP contribution is 2.49. The number of ether oxygens (including phenoxy) is 4. The molecule has 2 fully saturated rings. The molecule has 41 heavy (non-hydrogen) atoms. The zero-order chi connectivity index (χ0) is 29.7. The second-order valence-electron chi connectivity index (χ2n) is 13.7. The summed E-state index contributed by atoms with van der Waals surface area (Å²) in [6.07, 6.45) is 4.97. The molecular formula is C35H52O5Si. The average Bonchev–Trinajstić information content (AvgIpc) is 2.93. The Balaban J connectivity index is 1.48. The van der Waals surface area contributed by atoms with Crippen LogP contribution in [0.2, 0.25) is 18.1 Å². The summed E-state index contributed by atoms with van der Waals surface area (Å²) in [4.78, 5) is 0. The molecule has 2 aromatic carbocycles. The summed E-state index contributed by atoms with van der Waals surface area (Å²) >= 11 is 0. The van der Waals surface area contributed by atoms with E-state index in [4.69, 9.17) is 23.4 Å². The lowest BCUT2D eigenvalue weighted by atomic mass is 9.76. The maximum absolute atomic E-state index is 7.03. The summed E-state index contributed by atoms with van der Waals surface area (Å²) in [6, 6.07) is 20.7. The topological polar surface area (TPSA) is 46.2 Å². The molecule has 5 nitrogen and oxygen atoms in total. The summed E-state index contributed by atoms with van der Waals surface area (Å²) in [5.41, 5.74) is 1.09. The number of rotatable bonds is 12. The minimum absolute atomic E-state index is 0.0689. The SMILES string of the molecule is C=C[C@@]1(C)O[C@@]2(C)[C@@H](OCc3ccccc3)C[C@H](CCCOCc3ccccc3)O[C@@H]2C[C@@H]1O[Si](C)(C)C(C)(C)C. The maximum Gasteiger partial charge on any atom is 0.192 e. The van der Waals surface area contributed by atoms with Gasteiger partial charge in [0.05, 0.1) is 37.6 Å². The third-order valence-corrected chi connectivity index (χ3v) is 14.0. The minimum atomic E-state index is -2.06. The van der Waals surface area contributed by atoms with E-state index in [-0.39, 0.29) is 29.5 Å². The summed E-state index contributed by atoms with van der Waals surface area (Å²) in [5.74, 6) is 0. The number of benzene rings is 2. The standard InChI is InChI=1S/C35H52O5Si/c1-9-34(5)30(39-41(7,8)33(2,3)4)24-32-35(6,40-34)31(37-26-28-19-14-11-15-20-28)23-29(38-32)21-16-22-36-25-27-17-12-10-13-18-27/h9-15,17-20,29-32H,1,16,21-26H2,2-8H3/t29-,30-,31-,32+,34+,35-/m0/s1. The molecule has 2 heterocycles. The Morgan fingerprint density at radius 1 is 0.927 bits per heavy atom. The van der Waals surface area contributed by atoms with Crippen LogP contribution in [0.3, 0.4) is 0 Å². The molecule has 2 saturated heterocycles. The van der Waals surface area contributed by atoms with Gasteiger partial charge in [0.2, 0.25) is 0 Å². The smallest absolute Gasteiger partial charge is 0.192 e. The second-order valence-corrected chi connectivity index (χ2v) is 18.5. The summed E-state index contributed by atoms with van der Waals surface area (Å²) < 4.78 is 33.5. The Morgan fingerprint density at radius 3 is 2.12 bits per heavy atom. The molecule has 0 aliphatic carbocycles. The van der Waals surface area contributed by atoms with Crippen molar-refractivity contribution in [2.75, 3.05) is 6.61 Å². The zero-order valence-electron chi connectivity index (χ0n) is 26.4. The van der Waals surface area contributed by atoms with E-state index < -0.39 is 19.5 Å². The highest BCUT2D eigenvalue weighted by molar-refractivity contribution is 6.74. The van der Waals surface area contributed by atoms with Gasteiger partial charge >= 0.3 is 0 Å². The molecule has 0 unspecified atom stereocenters. The van der Waals surface area contributed by atoms with Gasteiger partial charge in [0, 0.05) is 19.4 Å². The molecule has 0 bridgehead atoms. The van der Waals surface area contributed by atoms with Gasteiger partial charge in [0.1, 0.15) is 11.2 Å². The maximum atomic E-state index is 7.03. The Kier molecular flexibility index (Phi) is 10.4. The largest absolute Gasteiger partial charge is 0.411 e. The van der Waals surface area contributed by atoms with Gasteiger partial charge in [-0.3, -0.25) is 0 Å². The van der Waals surface area contributed by atoms with Crippen LogP contribution in [0.15, 0.2) is 73.3 Å². The van der Waals surface area contributed by atoms with Gasteiger partial charge in [0.25, 0.3) is 0 Å². The fraction of sp³-hybridized carbons (Fsp3) is 0.600. The van der Waals surface area contributed by atoms with Crippen molar-refractivity contribution in [3.63, 3.8) is 0 Å². The first kappa shape index (κ1) is 32.1. The van der Waals surface area contributed by atoms with Crippen molar-refractivity contribution in [1.82, 2.24) is 0 Å². The van der Waals surface area contributed by atoms with E-state index >= 15 is 0 Å². The van der Waals surface area contributed by atoms with Crippen molar-refractivity contribution >= 4 is 8.32 Å². The fourth-order valence-electron chi connectivity index (χ4n) is 5.73. The molecular weight excluding hydrogens is 528 g/mol. The zero-order valence-corrected chi connectivity index (χ0v) is 27.4. The third kappa shape index (κ3) is 7.78. The Morgan fingerprint density at radius 2 is 1.54 bits per heavy atom. The molecule has 6 heteroatoms. The number of hydrogen-bond donors (Lipinski definition) is 0. The minimum Gasteiger partial charge on any atom is -0.411 e. The van der Waals surface area contributed by atoms with Crippen LogP contribution >= 0.6 is 0 Å². The number of hydrogen-bond acceptors (Lipinski definition) is 5. The van der Waals surface area contributed by atoms with Crippen LogP contribution in [0.5, 0.6) is 0 Å². The van der Waals surface area contributed by atoms with E-state index in [1.807, 2.05) is 30.3 Å². The quantitative estimate of drug-likeness (QED) is 0.144. The first-order valence-electron chi connectivity index (χ1n) is 15.3. The normalized spacial score (nSPS) is 30.5. The molecule has 6 atom stereocenters. The van der Waals surface area contributed by atoms with E-state index in [0.29, 0.717) is 19.8 Å². The monoisotopic (exact) mass is 580 g/mol. The van der Waals surface area contributed by atoms with Crippen LogP contribution in [-0.2, 0) is 36.6 Å². The Labute approximate surface area is 249 Å². The highest BCUT2D eigenvalue weighted by atomic mass is 28.4. The van der Waals surface area contributed by atoms with Crippen molar-refractivity contribution in [2.24, 2.45) is 0 Å². The van der Waals surface area contributed by atoms with Gasteiger partial charge in [0.15, 0.2) is 8.32 Å². The third-order valence-electron chi connectivity index (χ3n) is 9.49. The molecule has 0 saturated carbocycles. The van der Waals surface area contributed by atoms with Gasteiger partial charge in [-0.15, -0.1) is 6.58 Å². The molecule has 2 aliphatic heterocycles. The molecule has 226 valence electrons. The lowest BCUT2D eigenvalue weighted by Gasteiger charge is -2.59. The molecule has 0 N–H and O–H groups in total. The predicted molar refractivity (Wildman–Crippen MR) is 168 cm³/mol. The van der Waals surface area contributed by atoms with E-state index in [1.165, 1.54) is 5.56 Å². The fourth-order valence-corrected chi connectivity index (χ4v) is 7.13. The molecule has 0 radical (unpaired) electrons. The Bertz CT molecular complexity index is 1100. The van der Waals surface area contributed by atoms with Crippen LogP contribution < -0.4 is 0 Å². The van der Waals surface area contributed by atoms with Crippen molar-refractivity contribution in [3.8, 4) is 0 Å². The van der Waals surface area contributed by atoms with E-state index in [2.05, 4.69) is 90.7 Å². The molecule has 0 amide bonds. The first-order chi connectivity index (χ1) is 19.4. The van der Waals surface area contributed by atoms with E-state index in [1.54, 1.807) is 0 Å². The van der Waals surface area contributed by atoms with Crippen molar-refractivity contribution in [3.05, 3.63) is 84.4 Å². The van der Waals surface area contributed by atoms with Gasteiger partial charge < -0.3 is 23.4 Å². The lowest BCUT2D eigenvalue weighted by molar-refractivity contribution is -0.320. The van der Waals surface area contributed by atoms with Crippen LogP contribution in [0.25, 0.3) is 0 Å². The molecule has 2 aliphatic rings. The van der Waals surface area contributed by atoms with Crippen LogP contribution in [0.4, 0.5) is 0 Å². The van der Waals surface area contributed by atoms with Crippen molar-refractivity contribution < 1.29 is 23.4 Å². The summed E-state index contributed by atoms with van der Waals surface area (Å²) in [5, 5.41) is 0.0901. The molecule has 0 spiro atoms. The first-order valence-corrected chi connectivity index (χ1v) is 18.2. The highest BCUT2D eigenvalue weighted by Gasteiger charge is 2.59. The lowest BCUT2D eigenvalue weighted by Crippen LogP contribution is -2.69. The molecule has 0 aromatic heterocycles. The van der Waals surface area contributed by atoms with Crippen molar-refractivity contribution in [1.29, 1.82) is 0 Å². The van der Waals surface area contributed by atoms with Crippen LogP contribution in [0.1, 0.15) is 71.4 Å². The van der Waals surface area contributed by atoms with E-state index in [0.717, 1.165) is 31.2 Å². The van der Waals surface area contributed by atoms with Gasteiger partial charge in [-0.1, -0.05) is 87.5 Å². The van der Waals surface area contributed by atoms with Crippen LogP contribution in [0, 0.1) is 0 Å². The predicted octanol–water partition coefficient (Wildman–Crippen LogP) is 8.24. The van der Waals surface area contributed by atoms with Crippen LogP contribution in [-0.4, -0.2) is 50.5 Å². The summed E-state index contributed by atoms with van der Waals surface area (Å²) in [6.45, 7) is 21.8. The average molecular weight is 581 g/mol. The summed E-state index contributed by atoms with van der Waals surface area (Å²) in [7, 11) is -2.06. The second kappa shape index (κ2) is 13.2. The van der Waals surface area contributed by atoms with Gasteiger partial charge in [-0.05, 0) is 55.9 Å². The van der Waals surface area contributed by atoms with Crippen molar-refractivity contribution in [2.45, 2.75) is 127 Å². The van der Waals surface area contributed by atoms with E-state index in [9.17, 15) is 0 Å². The Hall–Kier alpha value is -1.80. The van der Waals surface area contributed by atoms with Gasteiger partial charge in [-0.25, -0.2) is 0 Å². The molecule has 2 aromatic rings. The number of fused-ring (bicyclic) bond motifs is 1. The van der Waals surface area contributed by atoms with Gasteiger partial charge in [-0.2, -0.15) is 0 Å². The molecule has 4 rings (SSSR count).